The van der Waals surface area contributed by atoms with Gasteiger partial charge < -0.3 is 30.2 Å². The molecule has 1 aliphatic heterocycles. The minimum Gasteiger partial charge on any atom is -0.508 e. The molecule has 0 atom stereocenters. The minimum absolute atomic E-state index is 0.0353. The number of halogens is 1. The molecule has 1 saturated heterocycles. The molecule has 7 rings (SSSR count). The number of hydrogen-bond acceptors (Lipinski definition) is 8. The van der Waals surface area contributed by atoms with Gasteiger partial charge in [-0.3, -0.25) is 19.3 Å². The average molecular weight is 692 g/mol. The maximum Gasteiger partial charge on any atom is 0.261 e. The second-order valence-electron chi connectivity index (χ2n) is 13.0. The summed E-state index contributed by atoms with van der Waals surface area (Å²) in [5, 5.41) is 17.0. The van der Waals surface area contributed by atoms with E-state index in [9.17, 15) is 23.9 Å². The second kappa shape index (κ2) is 15.1. The number of carbonyl (C=O) groups is 2. The van der Waals surface area contributed by atoms with Gasteiger partial charge in [-0.2, -0.15) is 0 Å². The van der Waals surface area contributed by atoms with E-state index in [1.807, 2.05) is 42.5 Å². The summed E-state index contributed by atoms with van der Waals surface area (Å²) in [4.78, 5) is 48.1. The zero-order chi connectivity index (χ0) is 35.3. The molecule has 51 heavy (non-hydrogen) atoms. The summed E-state index contributed by atoms with van der Waals surface area (Å²) in [6.45, 7) is 3.55. The van der Waals surface area contributed by atoms with Crippen LogP contribution in [0.15, 0.2) is 89.9 Å². The molecular formula is C39H38FN5O6. The summed E-state index contributed by atoms with van der Waals surface area (Å²) in [6, 6.07) is 22.2. The number of para-hydroxylation sites is 1. The topological polar surface area (TPSA) is 146 Å². The van der Waals surface area contributed by atoms with E-state index in [1.165, 1.54) is 0 Å². The predicted octanol–water partition coefficient (Wildman–Crippen LogP) is 5.53. The number of phenols is 1. The molecule has 2 aliphatic rings. The van der Waals surface area contributed by atoms with Crippen molar-refractivity contribution in [3.63, 3.8) is 0 Å². The molecule has 1 aliphatic carbocycles. The van der Waals surface area contributed by atoms with E-state index in [2.05, 4.69) is 25.5 Å². The Labute approximate surface area is 293 Å². The summed E-state index contributed by atoms with van der Waals surface area (Å²) < 4.78 is 26.0. The first-order valence-corrected chi connectivity index (χ1v) is 17.1. The van der Waals surface area contributed by atoms with Gasteiger partial charge in [0.15, 0.2) is 0 Å². The van der Waals surface area contributed by atoms with Crippen molar-refractivity contribution in [2.75, 3.05) is 26.3 Å². The van der Waals surface area contributed by atoms with Gasteiger partial charge in [-0.25, -0.2) is 9.37 Å². The van der Waals surface area contributed by atoms with Crippen LogP contribution in [0.4, 0.5) is 4.39 Å². The summed E-state index contributed by atoms with van der Waals surface area (Å²) in [6.07, 6.45) is 3.33. The van der Waals surface area contributed by atoms with Gasteiger partial charge in [-0.15, -0.1) is 0 Å². The number of aromatic hydroxyl groups is 1. The molecule has 3 aromatic carbocycles. The quantitative estimate of drug-likeness (QED) is 0.158. The van der Waals surface area contributed by atoms with Crippen LogP contribution in [0.2, 0.25) is 0 Å². The van der Waals surface area contributed by atoms with Crippen molar-refractivity contribution in [1.82, 2.24) is 25.5 Å². The lowest BCUT2D eigenvalue weighted by molar-refractivity contribution is 0.0342. The van der Waals surface area contributed by atoms with E-state index in [0.29, 0.717) is 56.7 Å². The molecule has 0 bridgehead atoms. The first kappa shape index (κ1) is 33.9. The highest BCUT2D eigenvalue weighted by Gasteiger charge is 2.27. The highest BCUT2D eigenvalue weighted by Crippen LogP contribution is 2.33. The fourth-order valence-corrected chi connectivity index (χ4v) is 6.73. The van der Waals surface area contributed by atoms with Crippen molar-refractivity contribution in [2.45, 2.75) is 44.3 Å². The molecule has 2 aromatic heterocycles. The predicted molar refractivity (Wildman–Crippen MR) is 189 cm³/mol. The molecule has 1 saturated carbocycles. The summed E-state index contributed by atoms with van der Waals surface area (Å²) in [7, 11) is 0. The Hall–Kier alpha value is -5.59. The SMILES string of the molecule is O=C(NC1CCC(NC(=O)c2cc3ccccc3[nH]c2=O)CC1)c1cc(F)cnc1Oc1cccc(-c2ccc(O)cc2CN2CCOCC2)c1. The Morgan fingerprint density at radius 2 is 1.63 bits per heavy atom. The number of benzene rings is 3. The van der Waals surface area contributed by atoms with Crippen molar-refractivity contribution in [3.8, 4) is 28.5 Å². The first-order valence-electron chi connectivity index (χ1n) is 17.1. The number of H-pyrrole nitrogens is 1. The van der Waals surface area contributed by atoms with Crippen LogP contribution in [0.1, 0.15) is 52.0 Å². The molecule has 5 aromatic rings. The van der Waals surface area contributed by atoms with Gasteiger partial charge in [0.05, 0.1) is 19.4 Å². The van der Waals surface area contributed by atoms with Crippen molar-refractivity contribution in [1.29, 1.82) is 0 Å². The smallest absolute Gasteiger partial charge is 0.261 e. The monoisotopic (exact) mass is 691 g/mol. The highest BCUT2D eigenvalue weighted by atomic mass is 19.1. The Kier molecular flexibility index (Phi) is 10.0. The van der Waals surface area contributed by atoms with Gasteiger partial charge in [0, 0.05) is 37.2 Å². The van der Waals surface area contributed by atoms with Gasteiger partial charge in [-0.1, -0.05) is 36.4 Å². The third kappa shape index (κ3) is 8.08. The van der Waals surface area contributed by atoms with E-state index in [0.717, 1.165) is 47.4 Å². The lowest BCUT2D eigenvalue weighted by Gasteiger charge is -2.29. The summed E-state index contributed by atoms with van der Waals surface area (Å²) in [5.74, 6) is -1.08. The minimum atomic E-state index is -0.673. The summed E-state index contributed by atoms with van der Waals surface area (Å²) >= 11 is 0. The number of phenolic OH excluding ortho intramolecular Hbond substituents is 1. The number of carbonyl (C=O) groups excluding carboxylic acids is 2. The lowest BCUT2D eigenvalue weighted by Crippen LogP contribution is -2.44. The van der Waals surface area contributed by atoms with Crippen molar-refractivity contribution in [3.05, 3.63) is 118 Å². The van der Waals surface area contributed by atoms with Gasteiger partial charge in [0.25, 0.3) is 17.4 Å². The Bertz CT molecular complexity index is 2120. The number of aromatic nitrogens is 2. The maximum atomic E-state index is 14.4. The second-order valence-corrected chi connectivity index (χ2v) is 13.0. The number of amides is 2. The van der Waals surface area contributed by atoms with Crippen LogP contribution in [0.5, 0.6) is 17.4 Å². The fourth-order valence-electron chi connectivity index (χ4n) is 6.73. The third-order valence-electron chi connectivity index (χ3n) is 9.40. The number of morpholine rings is 1. The number of aromatic amines is 1. The summed E-state index contributed by atoms with van der Waals surface area (Å²) in [5.41, 5.74) is 2.94. The largest absolute Gasteiger partial charge is 0.508 e. The zero-order valence-corrected chi connectivity index (χ0v) is 27.9. The van der Waals surface area contributed by atoms with Crippen LogP contribution in [0.25, 0.3) is 22.0 Å². The third-order valence-corrected chi connectivity index (χ3v) is 9.40. The Balaban J connectivity index is 0.997. The van der Waals surface area contributed by atoms with E-state index in [1.54, 1.807) is 30.3 Å². The van der Waals surface area contributed by atoms with Gasteiger partial charge >= 0.3 is 0 Å². The molecule has 0 unspecified atom stereocenters. The molecule has 0 radical (unpaired) electrons. The lowest BCUT2D eigenvalue weighted by atomic mass is 9.90. The fraction of sp³-hybridized carbons (Fsp3) is 0.282. The molecule has 12 heteroatoms. The van der Waals surface area contributed by atoms with Crippen LogP contribution in [0, 0.1) is 5.82 Å². The normalized spacial score (nSPS) is 17.9. The molecule has 2 fully saturated rings. The van der Waals surface area contributed by atoms with Crippen molar-refractivity contribution >= 4 is 22.7 Å². The number of rotatable bonds is 9. The molecule has 2 amide bonds. The Morgan fingerprint density at radius 3 is 2.39 bits per heavy atom. The van der Waals surface area contributed by atoms with E-state index >= 15 is 0 Å². The Morgan fingerprint density at radius 1 is 0.902 bits per heavy atom. The first-order chi connectivity index (χ1) is 24.8. The van der Waals surface area contributed by atoms with Crippen molar-refractivity contribution < 1.29 is 28.6 Å². The van der Waals surface area contributed by atoms with E-state index in [4.69, 9.17) is 9.47 Å². The number of nitrogens with zero attached hydrogens (tertiary/aromatic N) is 2. The number of pyridine rings is 2. The van der Waals surface area contributed by atoms with Gasteiger partial charge in [-0.05, 0) is 90.2 Å². The average Bonchev–Trinajstić information content (AvgIpc) is 3.13. The molecule has 262 valence electrons. The van der Waals surface area contributed by atoms with Crippen LogP contribution in [0.3, 0.4) is 0 Å². The number of nitrogens with one attached hydrogen (secondary N) is 3. The van der Waals surface area contributed by atoms with Crippen LogP contribution in [-0.2, 0) is 11.3 Å². The van der Waals surface area contributed by atoms with Crippen molar-refractivity contribution in [2.24, 2.45) is 0 Å². The maximum absolute atomic E-state index is 14.4. The van der Waals surface area contributed by atoms with E-state index in [-0.39, 0.29) is 34.8 Å². The molecular weight excluding hydrogens is 653 g/mol. The van der Waals surface area contributed by atoms with E-state index < -0.39 is 23.2 Å². The molecule has 11 nitrogen and oxygen atoms in total. The zero-order valence-electron chi connectivity index (χ0n) is 27.9. The molecule has 0 spiro atoms. The van der Waals surface area contributed by atoms with Crippen LogP contribution in [-0.4, -0.2) is 70.2 Å². The number of fused-ring (bicyclic) bond motifs is 1. The van der Waals surface area contributed by atoms with Gasteiger partial charge in [0.1, 0.15) is 28.4 Å². The van der Waals surface area contributed by atoms with Gasteiger partial charge in [0.2, 0.25) is 5.88 Å². The molecule has 3 heterocycles. The highest BCUT2D eigenvalue weighted by molar-refractivity contribution is 5.97. The standard InChI is InChI=1S/C39H38FN5O6/c40-27-21-34(38(49)43-29-10-8-28(9-11-29)42-36(47)33-20-25-4-1-2-7-35(25)44-37(33)48)39(41-22-27)51-31-6-3-5-24(19-31)32-13-12-30(46)18-26(32)23-45-14-16-50-17-15-45/h1-7,12-13,18-22,28-29,46H,8-11,14-17,23H2,(H,42,47)(H,43,49)(H,44,48). The number of hydrogen-bond donors (Lipinski definition) is 4. The van der Waals surface area contributed by atoms with Crippen LogP contribution < -0.4 is 20.9 Å². The van der Waals surface area contributed by atoms with Crippen LogP contribution >= 0.6 is 0 Å². The molecule has 4 N–H and O–H groups in total. The number of ether oxygens (including phenoxy) is 2.